The lowest BCUT2D eigenvalue weighted by molar-refractivity contribution is 0.0356. The van der Waals surface area contributed by atoms with Crippen LogP contribution in [0, 0.1) is 37.5 Å². The average Bonchev–Trinajstić information content (AvgIpc) is 3.25. The summed E-state index contributed by atoms with van der Waals surface area (Å²) in [6.45, 7) is 7.69. The van der Waals surface area contributed by atoms with Crippen molar-refractivity contribution >= 4 is 17.6 Å². The van der Waals surface area contributed by atoms with Crippen molar-refractivity contribution in [3.05, 3.63) is 34.8 Å². The molecule has 1 aliphatic carbocycles. The van der Waals surface area contributed by atoms with E-state index < -0.39 is 12.1 Å². The van der Waals surface area contributed by atoms with E-state index in [1.165, 1.54) is 24.2 Å². The fraction of sp³-hybridized carbons (Fsp3) is 0.586. The van der Waals surface area contributed by atoms with Gasteiger partial charge in [0.25, 0.3) is 5.91 Å². The number of anilines is 1. The molecule has 2 aromatic rings. The maximum Gasteiger partial charge on any atom is 0.321 e. The average molecular weight is 538 g/mol. The van der Waals surface area contributed by atoms with E-state index in [-0.39, 0.29) is 36.9 Å². The van der Waals surface area contributed by atoms with Crippen molar-refractivity contribution in [1.29, 1.82) is 0 Å². The molecule has 0 spiro atoms. The predicted molar refractivity (Wildman–Crippen MR) is 146 cm³/mol. The molecule has 10 nitrogen and oxygen atoms in total. The number of hydrogen-bond acceptors (Lipinski definition) is 7. The first-order valence-electron chi connectivity index (χ1n) is 13.7. The lowest BCUT2D eigenvalue weighted by Gasteiger charge is -2.37. The van der Waals surface area contributed by atoms with Crippen LogP contribution < -0.4 is 10.1 Å². The summed E-state index contributed by atoms with van der Waals surface area (Å²) in [7, 11) is 1.68. The van der Waals surface area contributed by atoms with Gasteiger partial charge >= 0.3 is 6.03 Å². The highest BCUT2D eigenvalue weighted by Gasteiger charge is 2.35. The molecule has 39 heavy (non-hydrogen) atoms. The van der Waals surface area contributed by atoms with Crippen LogP contribution >= 0.6 is 0 Å². The smallest absolute Gasteiger partial charge is 0.321 e. The molecule has 4 rings (SSSR count). The van der Waals surface area contributed by atoms with E-state index in [9.17, 15) is 14.7 Å². The molecule has 1 aliphatic heterocycles. The third kappa shape index (κ3) is 6.71. The molecule has 0 saturated heterocycles. The Hall–Kier alpha value is -3.58. The number of amides is 3. The van der Waals surface area contributed by atoms with Gasteiger partial charge in [0.1, 0.15) is 23.0 Å². The number of urea groups is 1. The largest absolute Gasteiger partial charge is 0.472 e. The van der Waals surface area contributed by atoms with Gasteiger partial charge in [-0.15, -0.1) is 0 Å². The Kier molecular flexibility index (Phi) is 9.12. The van der Waals surface area contributed by atoms with Crippen LogP contribution in [0.2, 0.25) is 0 Å². The molecule has 2 aromatic heterocycles. The van der Waals surface area contributed by atoms with Crippen LogP contribution in [-0.4, -0.2) is 75.9 Å². The van der Waals surface area contributed by atoms with Crippen LogP contribution in [0.3, 0.4) is 0 Å². The summed E-state index contributed by atoms with van der Waals surface area (Å²) in [6.07, 6.45) is 7.05. The van der Waals surface area contributed by atoms with Crippen molar-refractivity contribution in [3.8, 4) is 17.7 Å². The highest BCUT2D eigenvalue weighted by Crippen LogP contribution is 2.28. The Labute approximate surface area is 230 Å². The summed E-state index contributed by atoms with van der Waals surface area (Å²) in [5, 5.41) is 16.6. The summed E-state index contributed by atoms with van der Waals surface area (Å²) in [5.74, 6) is 7.26. The maximum atomic E-state index is 13.6. The number of carbonyl (C=O) groups is 2. The molecule has 3 amide bonds. The van der Waals surface area contributed by atoms with Gasteiger partial charge in [-0.25, -0.2) is 9.78 Å². The number of nitrogens with zero attached hydrogens (tertiary/aromatic N) is 4. The second kappa shape index (κ2) is 12.5. The van der Waals surface area contributed by atoms with Gasteiger partial charge in [0.05, 0.1) is 19.2 Å². The number of likely N-dealkylation sites (N-methyl/N-ethyl adjacent to an activating group) is 1. The molecule has 1 fully saturated rings. The van der Waals surface area contributed by atoms with Crippen LogP contribution in [0.1, 0.15) is 73.3 Å². The summed E-state index contributed by atoms with van der Waals surface area (Å²) >= 11 is 0. The number of pyridine rings is 1. The molecule has 0 bridgehead atoms. The molecule has 10 heteroatoms. The van der Waals surface area contributed by atoms with Crippen molar-refractivity contribution < 1.29 is 24.0 Å². The van der Waals surface area contributed by atoms with Gasteiger partial charge in [-0.2, -0.15) is 0 Å². The Morgan fingerprint density at radius 1 is 1.31 bits per heavy atom. The standard InChI is InChI=1S/C29H39N5O5/c1-18-15-34(19(2)17-35)28(36)24-13-23(12-11-22-9-7-6-8-10-22)14-30-27(24)38-25(18)16-33(5)29(37)31-26-20(3)32-39-21(26)4/h13-14,18-19,22,25,35H,6-10,15-17H2,1-5H3,(H,31,37)/t18-,19-,25+/m0/s1. The first-order chi connectivity index (χ1) is 18.7. The van der Waals surface area contributed by atoms with Gasteiger partial charge in [0.15, 0.2) is 5.76 Å². The first kappa shape index (κ1) is 28.4. The number of carbonyl (C=O) groups excluding carboxylic acids is 2. The summed E-state index contributed by atoms with van der Waals surface area (Å²) in [5.41, 5.74) is 2.11. The molecule has 0 aromatic carbocycles. The normalized spacial score (nSPS) is 20.6. The fourth-order valence-corrected chi connectivity index (χ4v) is 5.04. The number of nitrogens with one attached hydrogen (secondary N) is 1. The lowest BCUT2D eigenvalue weighted by Crippen LogP contribution is -2.50. The van der Waals surface area contributed by atoms with Gasteiger partial charge < -0.3 is 29.5 Å². The third-order valence-electron chi connectivity index (χ3n) is 7.61. The number of rotatable bonds is 5. The minimum absolute atomic E-state index is 0.155. The van der Waals surface area contributed by atoms with Crippen LogP contribution in [0.15, 0.2) is 16.8 Å². The van der Waals surface area contributed by atoms with E-state index in [1.54, 1.807) is 38.1 Å². The monoisotopic (exact) mass is 537 g/mol. The van der Waals surface area contributed by atoms with E-state index in [0.29, 0.717) is 40.7 Å². The SMILES string of the molecule is Cc1noc(C)c1NC(=O)N(C)C[C@H]1Oc2ncc(C#CC3CCCCC3)cc2C(=O)N([C@@H](C)CO)C[C@@H]1C. The highest BCUT2D eigenvalue weighted by atomic mass is 16.5. The summed E-state index contributed by atoms with van der Waals surface area (Å²) in [6, 6.07) is 1.00. The van der Waals surface area contributed by atoms with Crippen molar-refractivity contribution in [3.63, 3.8) is 0 Å². The number of aliphatic hydroxyl groups is 1. The fourth-order valence-electron chi connectivity index (χ4n) is 5.04. The number of aliphatic hydroxyl groups excluding tert-OH is 1. The molecule has 2 N–H and O–H groups in total. The quantitative estimate of drug-likeness (QED) is 0.553. The van der Waals surface area contributed by atoms with Crippen molar-refractivity contribution in [2.75, 3.05) is 32.1 Å². The van der Waals surface area contributed by atoms with Crippen molar-refractivity contribution in [1.82, 2.24) is 19.9 Å². The lowest BCUT2D eigenvalue weighted by atomic mass is 9.90. The van der Waals surface area contributed by atoms with Crippen LogP contribution in [0.25, 0.3) is 0 Å². The van der Waals surface area contributed by atoms with E-state index in [4.69, 9.17) is 9.26 Å². The van der Waals surface area contributed by atoms with Crippen LogP contribution in [0.4, 0.5) is 10.5 Å². The van der Waals surface area contributed by atoms with Crippen LogP contribution in [0.5, 0.6) is 5.88 Å². The Balaban J connectivity index is 1.58. The van der Waals surface area contributed by atoms with Gasteiger partial charge in [0.2, 0.25) is 5.88 Å². The molecular weight excluding hydrogens is 498 g/mol. The highest BCUT2D eigenvalue weighted by molar-refractivity contribution is 5.97. The Morgan fingerprint density at radius 2 is 2.05 bits per heavy atom. The number of aryl methyl sites for hydroxylation is 2. The predicted octanol–water partition coefficient (Wildman–Crippen LogP) is 4.00. The molecule has 3 atom stereocenters. The Morgan fingerprint density at radius 3 is 2.72 bits per heavy atom. The topological polar surface area (TPSA) is 121 Å². The summed E-state index contributed by atoms with van der Waals surface area (Å²) in [4.78, 5) is 34.3. The van der Waals surface area contributed by atoms with Gasteiger partial charge in [-0.05, 0) is 39.7 Å². The molecule has 210 valence electrons. The Bertz CT molecular complexity index is 1220. The molecule has 2 aliphatic rings. The summed E-state index contributed by atoms with van der Waals surface area (Å²) < 4.78 is 11.5. The third-order valence-corrected chi connectivity index (χ3v) is 7.61. The van der Waals surface area contributed by atoms with Crippen LogP contribution in [-0.2, 0) is 0 Å². The molecule has 1 saturated carbocycles. The molecular formula is C29H39N5O5. The van der Waals surface area contributed by atoms with E-state index in [0.717, 1.165) is 12.8 Å². The zero-order valence-corrected chi connectivity index (χ0v) is 23.5. The number of ether oxygens (including phenoxy) is 1. The maximum absolute atomic E-state index is 13.6. The minimum Gasteiger partial charge on any atom is -0.472 e. The van der Waals surface area contributed by atoms with Crippen molar-refractivity contribution in [2.45, 2.75) is 71.9 Å². The van der Waals surface area contributed by atoms with E-state index in [1.807, 2.05) is 13.8 Å². The minimum atomic E-state index is -0.461. The number of fused-ring (bicyclic) bond motifs is 1. The van der Waals surface area contributed by atoms with Gasteiger partial charge in [0, 0.05) is 37.2 Å². The second-order valence-electron chi connectivity index (χ2n) is 10.8. The second-order valence-corrected chi connectivity index (χ2v) is 10.8. The zero-order valence-electron chi connectivity index (χ0n) is 23.5. The molecule has 0 unspecified atom stereocenters. The molecule has 3 heterocycles. The first-order valence-corrected chi connectivity index (χ1v) is 13.7. The van der Waals surface area contributed by atoms with E-state index >= 15 is 0 Å². The number of hydrogen-bond donors (Lipinski definition) is 2. The number of aromatic nitrogens is 2. The zero-order chi connectivity index (χ0) is 28.1. The van der Waals surface area contributed by atoms with Gasteiger partial charge in [-0.3, -0.25) is 4.79 Å². The van der Waals surface area contributed by atoms with Crippen molar-refractivity contribution in [2.24, 2.45) is 11.8 Å². The van der Waals surface area contributed by atoms with E-state index in [2.05, 4.69) is 27.3 Å². The molecule has 0 radical (unpaired) electrons. The van der Waals surface area contributed by atoms with Gasteiger partial charge in [-0.1, -0.05) is 43.2 Å².